The molecule has 0 amide bonds. The molecule has 2 aliphatic rings. The molecule has 1 fully saturated rings. The van der Waals surface area contributed by atoms with Crippen LogP contribution in [0.15, 0.2) is 77.7 Å². The van der Waals surface area contributed by atoms with Crippen molar-refractivity contribution in [3.8, 4) is 5.75 Å². The minimum Gasteiger partial charge on any atom is -0.497 e. The smallest absolute Gasteiger partial charge is 0.240 e. The Morgan fingerprint density at radius 3 is 2.39 bits per heavy atom. The summed E-state index contributed by atoms with van der Waals surface area (Å²) in [5.41, 5.74) is 4.94. The number of sulfonamides is 1. The summed E-state index contributed by atoms with van der Waals surface area (Å²) in [7, 11) is -1.83. The normalized spacial score (nSPS) is 21.8. The lowest BCUT2D eigenvalue weighted by Gasteiger charge is -2.23. The summed E-state index contributed by atoms with van der Waals surface area (Å²) in [6, 6.07) is 23.4. The van der Waals surface area contributed by atoms with Gasteiger partial charge in [0.1, 0.15) is 5.75 Å². The van der Waals surface area contributed by atoms with Crippen molar-refractivity contribution < 1.29 is 13.2 Å². The Labute approximate surface area is 196 Å². The predicted octanol–water partition coefficient (Wildman–Crippen LogP) is 4.78. The summed E-state index contributed by atoms with van der Waals surface area (Å²) in [4.78, 5) is 0.343. The van der Waals surface area contributed by atoms with Gasteiger partial charge < -0.3 is 10.1 Å². The van der Waals surface area contributed by atoms with Crippen molar-refractivity contribution >= 4 is 15.7 Å². The van der Waals surface area contributed by atoms with E-state index in [-0.39, 0.29) is 6.04 Å². The Morgan fingerprint density at radius 2 is 1.64 bits per heavy atom. The van der Waals surface area contributed by atoms with Crippen LogP contribution in [0.5, 0.6) is 5.75 Å². The third-order valence-corrected chi connectivity index (χ3v) is 8.55. The van der Waals surface area contributed by atoms with Gasteiger partial charge in [-0.05, 0) is 90.6 Å². The van der Waals surface area contributed by atoms with Gasteiger partial charge in [0.15, 0.2) is 0 Å². The quantitative estimate of drug-likeness (QED) is 0.530. The Bertz CT molecular complexity index is 1230. The fourth-order valence-corrected chi connectivity index (χ4v) is 6.74. The maximum absolute atomic E-state index is 13.0. The van der Waals surface area contributed by atoms with Crippen LogP contribution in [0.2, 0.25) is 0 Å². The van der Waals surface area contributed by atoms with Crippen LogP contribution >= 0.6 is 0 Å². The van der Waals surface area contributed by atoms with Crippen molar-refractivity contribution in [1.82, 2.24) is 4.72 Å². The fourth-order valence-electron chi connectivity index (χ4n) is 5.35. The molecule has 0 heterocycles. The molecule has 2 N–H and O–H groups in total. The highest BCUT2D eigenvalue weighted by atomic mass is 32.2. The first-order valence-corrected chi connectivity index (χ1v) is 13.1. The minimum absolute atomic E-state index is 0.0178. The van der Waals surface area contributed by atoms with E-state index in [0.29, 0.717) is 16.7 Å². The maximum atomic E-state index is 13.0. The first-order chi connectivity index (χ1) is 16.0. The zero-order valence-electron chi connectivity index (χ0n) is 18.8. The molecule has 6 heteroatoms. The standard InChI is InChI=1S/C27H30N2O3S/c1-32-25-7-5-6-19(14-25)18-28-24-13-12-20-15-21-10-11-22(16-23(20)17-24)27(21)29-33(30,31)26-8-3-2-4-9-26/h2-9,12-14,17,21-22,27-29H,10-11,15-16,18H2,1H3. The molecule has 3 aromatic carbocycles. The molecule has 33 heavy (non-hydrogen) atoms. The van der Waals surface area contributed by atoms with E-state index in [2.05, 4.69) is 34.3 Å². The third-order valence-electron chi connectivity index (χ3n) is 7.07. The number of nitrogens with one attached hydrogen (secondary N) is 2. The lowest BCUT2D eigenvalue weighted by molar-refractivity contribution is 0.386. The molecule has 2 aliphatic carbocycles. The second-order valence-electron chi connectivity index (χ2n) is 9.15. The second-order valence-corrected chi connectivity index (χ2v) is 10.9. The van der Waals surface area contributed by atoms with E-state index < -0.39 is 10.0 Å². The fraction of sp³-hybridized carbons (Fsp3) is 0.333. The summed E-state index contributed by atoms with van der Waals surface area (Å²) in [5.74, 6) is 1.52. The molecule has 1 saturated carbocycles. The average molecular weight is 463 g/mol. The van der Waals surface area contributed by atoms with Gasteiger partial charge in [0.2, 0.25) is 10.0 Å². The molecule has 0 radical (unpaired) electrons. The van der Waals surface area contributed by atoms with Crippen LogP contribution in [0.3, 0.4) is 0 Å². The summed E-state index contributed by atoms with van der Waals surface area (Å²) in [6.07, 6.45) is 3.96. The van der Waals surface area contributed by atoms with Crippen molar-refractivity contribution in [3.05, 3.63) is 89.5 Å². The van der Waals surface area contributed by atoms with Crippen LogP contribution in [-0.4, -0.2) is 21.6 Å². The van der Waals surface area contributed by atoms with Gasteiger partial charge in [-0.25, -0.2) is 13.1 Å². The highest BCUT2D eigenvalue weighted by molar-refractivity contribution is 7.89. The number of rotatable bonds is 7. The zero-order chi connectivity index (χ0) is 22.8. The van der Waals surface area contributed by atoms with Crippen LogP contribution in [-0.2, 0) is 29.4 Å². The molecule has 2 bridgehead atoms. The number of benzene rings is 3. The molecular weight excluding hydrogens is 432 g/mol. The van der Waals surface area contributed by atoms with Gasteiger partial charge in [-0.1, -0.05) is 36.4 Å². The molecule has 0 aliphatic heterocycles. The van der Waals surface area contributed by atoms with Crippen molar-refractivity contribution in [2.75, 3.05) is 12.4 Å². The number of fused-ring (bicyclic) bond motifs is 3. The number of methoxy groups -OCH3 is 1. The Morgan fingerprint density at radius 1 is 0.879 bits per heavy atom. The number of hydrogen-bond acceptors (Lipinski definition) is 4. The zero-order valence-corrected chi connectivity index (χ0v) is 19.6. The van der Waals surface area contributed by atoms with Crippen molar-refractivity contribution in [2.45, 2.75) is 43.2 Å². The lowest BCUT2D eigenvalue weighted by atomic mass is 9.93. The van der Waals surface area contributed by atoms with Gasteiger partial charge in [-0.15, -0.1) is 0 Å². The largest absolute Gasteiger partial charge is 0.497 e. The molecule has 5 nitrogen and oxygen atoms in total. The summed E-state index contributed by atoms with van der Waals surface area (Å²) in [5, 5.41) is 3.53. The first-order valence-electron chi connectivity index (χ1n) is 11.6. The van der Waals surface area contributed by atoms with Gasteiger partial charge in [0.25, 0.3) is 0 Å². The van der Waals surface area contributed by atoms with E-state index in [0.717, 1.165) is 43.7 Å². The maximum Gasteiger partial charge on any atom is 0.240 e. The van der Waals surface area contributed by atoms with E-state index in [1.165, 1.54) is 16.7 Å². The number of hydrogen-bond donors (Lipinski definition) is 2. The summed E-state index contributed by atoms with van der Waals surface area (Å²) >= 11 is 0. The first kappa shape index (κ1) is 22.0. The Balaban J connectivity index is 1.31. The second kappa shape index (κ2) is 9.20. The van der Waals surface area contributed by atoms with E-state index in [4.69, 9.17) is 4.74 Å². The van der Waals surface area contributed by atoms with Crippen LogP contribution in [0.4, 0.5) is 5.69 Å². The molecule has 3 aromatic rings. The average Bonchev–Trinajstić information content (AvgIpc) is 3.11. The van der Waals surface area contributed by atoms with Crippen LogP contribution in [0.25, 0.3) is 0 Å². The molecule has 0 spiro atoms. The monoisotopic (exact) mass is 462 g/mol. The molecule has 0 aromatic heterocycles. The van der Waals surface area contributed by atoms with Gasteiger partial charge in [0, 0.05) is 18.3 Å². The molecule has 0 saturated heterocycles. The molecule has 3 atom stereocenters. The lowest BCUT2D eigenvalue weighted by Crippen LogP contribution is -2.41. The van der Waals surface area contributed by atoms with Gasteiger partial charge in [0.05, 0.1) is 12.0 Å². The van der Waals surface area contributed by atoms with E-state index in [1.54, 1.807) is 31.4 Å². The Kier molecular flexibility index (Phi) is 6.13. The van der Waals surface area contributed by atoms with Crippen LogP contribution in [0.1, 0.15) is 29.5 Å². The van der Waals surface area contributed by atoms with Crippen molar-refractivity contribution in [2.24, 2.45) is 11.8 Å². The SMILES string of the molecule is COc1cccc(CNc2ccc3c(c2)CC2CCC(C3)C2NS(=O)(=O)c2ccccc2)c1. The predicted molar refractivity (Wildman–Crippen MR) is 131 cm³/mol. The summed E-state index contributed by atoms with van der Waals surface area (Å²) < 4.78 is 34.4. The molecular formula is C27H30N2O3S. The number of anilines is 1. The van der Waals surface area contributed by atoms with E-state index >= 15 is 0 Å². The van der Waals surface area contributed by atoms with E-state index in [1.807, 2.05) is 24.3 Å². The molecule has 3 unspecified atom stereocenters. The summed E-state index contributed by atoms with van der Waals surface area (Å²) in [6.45, 7) is 0.724. The topological polar surface area (TPSA) is 67.4 Å². The highest BCUT2D eigenvalue weighted by Crippen LogP contribution is 2.41. The number of ether oxygens (including phenoxy) is 1. The van der Waals surface area contributed by atoms with E-state index in [9.17, 15) is 8.42 Å². The van der Waals surface area contributed by atoms with Crippen molar-refractivity contribution in [1.29, 1.82) is 0 Å². The molecule has 5 rings (SSSR count). The molecule has 172 valence electrons. The third kappa shape index (κ3) is 4.77. The minimum atomic E-state index is -3.52. The Hall–Kier alpha value is -2.83. The van der Waals surface area contributed by atoms with Gasteiger partial charge in [-0.3, -0.25) is 0 Å². The van der Waals surface area contributed by atoms with Gasteiger partial charge >= 0.3 is 0 Å². The highest BCUT2D eigenvalue weighted by Gasteiger charge is 2.41. The van der Waals surface area contributed by atoms with Crippen LogP contribution < -0.4 is 14.8 Å². The van der Waals surface area contributed by atoms with Crippen molar-refractivity contribution in [3.63, 3.8) is 0 Å². The van der Waals surface area contributed by atoms with Crippen LogP contribution in [0, 0.1) is 11.8 Å². The van der Waals surface area contributed by atoms with Gasteiger partial charge in [-0.2, -0.15) is 0 Å².